The molecule has 3 rings (SSSR count). The maximum atomic E-state index is 12.4. The molecule has 5 N–H and O–H groups in total. The molecule has 0 heterocycles. The highest BCUT2D eigenvalue weighted by Crippen LogP contribution is 2.19. The van der Waals surface area contributed by atoms with E-state index in [-0.39, 0.29) is 30.1 Å². The monoisotopic (exact) mass is 509 g/mol. The van der Waals surface area contributed by atoms with Crippen LogP contribution in [-0.4, -0.2) is 46.5 Å². The Labute approximate surface area is 214 Å². The molecule has 0 spiro atoms. The molecule has 196 valence electrons. The number of benzene rings is 2. The minimum Gasteiger partial charge on any atom is -0.508 e. The first-order valence-corrected chi connectivity index (χ1v) is 11.8. The Morgan fingerprint density at radius 3 is 2.08 bits per heavy atom. The van der Waals surface area contributed by atoms with Crippen LogP contribution < -0.4 is 26.8 Å². The van der Waals surface area contributed by atoms with Crippen LogP contribution in [-0.2, 0) is 22.4 Å². The van der Waals surface area contributed by atoms with E-state index in [0.29, 0.717) is 12.0 Å². The van der Waals surface area contributed by atoms with E-state index in [9.17, 15) is 29.4 Å². The zero-order valence-corrected chi connectivity index (χ0v) is 20.9. The van der Waals surface area contributed by atoms with E-state index in [1.807, 2.05) is 30.3 Å². The summed E-state index contributed by atoms with van der Waals surface area (Å²) in [6.45, 7) is 5.32. The van der Waals surface area contributed by atoms with Crippen molar-refractivity contribution in [2.75, 3.05) is 17.2 Å². The lowest BCUT2D eigenvalue weighted by atomic mass is 10.0. The molecule has 2 atom stereocenters. The number of anilines is 2. The first-order chi connectivity index (χ1) is 17.4. The predicted molar refractivity (Wildman–Crippen MR) is 140 cm³/mol. The van der Waals surface area contributed by atoms with Crippen LogP contribution in [0.15, 0.2) is 64.2 Å². The number of aromatic hydroxyl groups is 1. The molecule has 0 aliphatic heterocycles. The van der Waals surface area contributed by atoms with E-state index in [0.717, 1.165) is 5.56 Å². The second kappa shape index (κ2) is 11.6. The summed E-state index contributed by atoms with van der Waals surface area (Å²) in [4.78, 5) is 48.8. The van der Waals surface area contributed by atoms with Crippen LogP contribution in [0, 0.1) is 0 Å². The van der Waals surface area contributed by atoms with Crippen LogP contribution in [0.5, 0.6) is 5.75 Å². The number of rotatable bonds is 11. The number of hydrogen-bond donors (Lipinski definition) is 5. The number of carbonyl (C=O) groups is 2. The maximum absolute atomic E-state index is 12.4. The van der Waals surface area contributed by atoms with Crippen molar-refractivity contribution >= 4 is 23.4 Å². The molecule has 0 fully saturated rings. The van der Waals surface area contributed by atoms with Crippen LogP contribution in [0.2, 0.25) is 0 Å². The molecule has 10 heteroatoms. The van der Waals surface area contributed by atoms with Crippen molar-refractivity contribution in [3.05, 3.63) is 86.2 Å². The lowest BCUT2D eigenvalue weighted by Gasteiger charge is -2.25. The first-order valence-electron chi connectivity index (χ1n) is 11.8. The number of amides is 1. The van der Waals surface area contributed by atoms with E-state index >= 15 is 0 Å². The molecule has 1 amide bonds. The maximum Gasteiger partial charge on any atom is 0.407 e. The minimum absolute atomic E-state index is 0.0185. The van der Waals surface area contributed by atoms with E-state index < -0.39 is 40.6 Å². The average Bonchev–Trinajstić information content (AvgIpc) is 2.82. The quantitative estimate of drug-likeness (QED) is 0.245. The van der Waals surface area contributed by atoms with Crippen molar-refractivity contribution in [1.82, 2.24) is 5.32 Å². The zero-order chi connectivity index (χ0) is 27.2. The SMILES string of the molecule is CC(C)(C)OC(=O)N[C@H](CNc1c(N[C@@H](Cc2ccc(O)cc2)C(=O)O)c(=O)c1=O)Cc1ccccc1. The molecule has 0 saturated carbocycles. The van der Waals surface area contributed by atoms with Crippen molar-refractivity contribution in [1.29, 1.82) is 0 Å². The third-order valence-corrected chi connectivity index (χ3v) is 5.47. The summed E-state index contributed by atoms with van der Waals surface area (Å²) < 4.78 is 5.35. The summed E-state index contributed by atoms with van der Waals surface area (Å²) in [5, 5.41) is 27.4. The highest BCUT2D eigenvalue weighted by molar-refractivity contribution is 5.82. The molecule has 0 radical (unpaired) electrons. The number of alkyl carbamates (subject to hydrolysis) is 1. The Morgan fingerprint density at radius 2 is 1.49 bits per heavy atom. The van der Waals surface area contributed by atoms with Crippen LogP contribution in [0.3, 0.4) is 0 Å². The van der Waals surface area contributed by atoms with Crippen molar-refractivity contribution in [2.24, 2.45) is 0 Å². The van der Waals surface area contributed by atoms with Gasteiger partial charge in [-0.15, -0.1) is 0 Å². The fraction of sp³-hybridized carbons (Fsp3) is 0.333. The van der Waals surface area contributed by atoms with Gasteiger partial charge in [0, 0.05) is 13.0 Å². The van der Waals surface area contributed by atoms with Gasteiger partial charge in [-0.3, -0.25) is 9.59 Å². The highest BCUT2D eigenvalue weighted by Gasteiger charge is 2.28. The van der Waals surface area contributed by atoms with Gasteiger partial charge in [0.25, 0.3) is 10.9 Å². The van der Waals surface area contributed by atoms with Crippen molar-refractivity contribution in [3.63, 3.8) is 0 Å². The summed E-state index contributed by atoms with van der Waals surface area (Å²) in [6.07, 6.45) is -0.187. The Morgan fingerprint density at radius 1 is 0.892 bits per heavy atom. The van der Waals surface area contributed by atoms with Gasteiger partial charge in [-0.05, 0) is 50.5 Å². The van der Waals surface area contributed by atoms with E-state index in [1.54, 1.807) is 32.9 Å². The number of carboxylic acids is 1. The molecular formula is C27H31N3O7. The van der Waals surface area contributed by atoms with Crippen LogP contribution in [0.4, 0.5) is 16.2 Å². The minimum atomic E-state index is -1.21. The van der Waals surface area contributed by atoms with Gasteiger partial charge in [0.15, 0.2) is 0 Å². The van der Waals surface area contributed by atoms with Gasteiger partial charge < -0.3 is 30.9 Å². The van der Waals surface area contributed by atoms with Gasteiger partial charge >= 0.3 is 12.1 Å². The number of ether oxygens (including phenoxy) is 1. The molecule has 0 saturated heterocycles. The Kier molecular flexibility index (Phi) is 8.54. The smallest absolute Gasteiger partial charge is 0.407 e. The topological polar surface area (TPSA) is 154 Å². The normalized spacial score (nSPS) is 12.9. The van der Waals surface area contributed by atoms with E-state index in [1.165, 1.54) is 12.1 Å². The van der Waals surface area contributed by atoms with Gasteiger partial charge in [0.2, 0.25) is 0 Å². The lowest BCUT2D eigenvalue weighted by molar-refractivity contribution is -0.137. The number of carbonyl (C=O) groups excluding carboxylic acids is 1. The molecule has 37 heavy (non-hydrogen) atoms. The van der Waals surface area contributed by atoms with Gasteiger partial charge in [-0.2, -0.15) is 0 Å². The molecule has 10 nitrogen and oxygen atoms in total. The standard InChI is InChI=1S/C27H31N3O7/c1-27(2,3)37-26(36)29-18(13-16-7-5-4-6-8-16)15-28-21-22(24(33)23(21)32)30-20(25(34)35)14-17-9-11-19(31)12-10-17/h4-12,18,20,28,30-31H,13-15H2,1-3H3,(H,29,36)(H,34,35)/t18-,20-/m0/s1. The van der Waals surface area contributed by atoms with Gasteiger partial charge in [-0.25, -0.2) is 9.59 Å². The zero-order valence-electron chi connectivity index (χ0n) is 20.9. The van der Waals surface area contributed by atoms with E-state index in [4.69, 9.17) is 4.74 Å². The molecule has 0 bridgehead atoms. The summed E-state index contributed by atoms with van der Waals surface area (Å²) in [5.41, 5.74) is -0.887. The van der Waals surface area contributed by atoms with Crippen LogP contribution in [0.1, 0.15) is 31.9 Å². The van der Waals surface area contributed by atoms with Gasteiger partial charge in [0.05, 0.1) is 6.04 Å². The number of phenolic OH excluding ortho intramolecular Hbond substituents is 1. The van der Waals surface area contributed by atoms with Gasteiger partial charge in [0.1, 0.15) is 28.8 Å². The fourth-order valence-corrected chi connectivity index (χ4v) is 3.71. The Balaban J connectivity index is 1.73. The van der Waals surface area contributed by atoms with Crippen molar-refractivity contribution < 1.29 is 24.5 Å². The third kappa shape index (κ3) is 7.83. The summed E-state index contributed by atoms with van der Waals surface area (Å²) in [5.74, 6) is -1.16. The second-order valence-corrected chi connectivity index (χ2v) is 9.73. The Bertz CT molecular complexity index is 1290. The van der Waals surface area contributed by atoms with Crippen molar-refractivity contribution in [3.8, 4) is 5.75 Å². The number of carboxylic acid groups (broad SMARTS) is 1. The fourth-order valence-electron chi connectivity index (χ4n) is 3.71. The molecular weight excluding hydrogens is 478 g/mol. The molecule has 0 unspecified atom stereocenters. The van der Waals surface area contributed by atoms with E-state index in [2.05, 4.69) is 16.0 Å². The average molecular weight is 510 g/mol. The van der Waals surface area contributed by atoms with Gasteiger partial charge in [-0.1, -0.05) is 42.5 Å². The predicted octanol–water partition coefficient (Wildman–Crippen LogP) is 2.64. The molecule has 3 aromatic carbocycles. The summed E-state index contributed by atoms with van der Waals surface area (Å²) in [6, 6.07) is 13.7. The first kappa shape index (κ1) is 27.3. The second-order valence-electron chi connectivity index (χ2n) is 9.73. The molecule has 0 aliphatic rings. The number of phenols is 1. The highest BCUT2D eigenvalue weighted by atomic mass is 16.6. The van der Waals surface area contributed by atoms with Crippen LogP contribution >= 0.6 is 0 Å². The number of hydrogen-bond acceptors (Lipinski definition) is 8. The summed E-state index contributed by atoms with van der Waals surface area (Å²) in [7, 11) is 0. The van der Waals surface area contributed by atoms with Crippen LogP contribution in [0.25, 0.3) is 0 Å². The van der Waals surface area contributed by atoms with Crippen molar-refractivity contribution in [2.45, 2.75) is 51.3 Å². The number of nitrogens with one attached hydrogen (secondary N) is 3. The molecule has 3 aromatic rings. The number of aliphatic carboxylic acids is 1. The largest absolute Gasteiger partial charge is 0.508 e. The molecule has 0 aromatic heterocycles. The third-order valence-electron chi connectivity index (χ3n) is 5.47. The summed E-state index contributed by atoms with van der Waals surface area (Å²) >= 11 is 0. The Hall–Kier alpha value is -4.34. The molecule has 0 aliphatic carbocycles. The lowest BCUT2D eigenvalue weighted by Crippen LogP contribution is -2.46.